The summed E-state index contributed by atoms with van der Waals surface area (Å²) in [6.45, 7) is 2.46. The summed E-state index contributed by atoms with van der Waals surface area (Å²) in [6.07, 6.45) is 0.776. The van der Waals surface area contributed by atoms with Gasteiger partial charge in [-0.05, 0) is 35.9 Å². The lowest BCUT2D eigenvalue weighted by Crippen LogP contribution is -2.40. The highest BCUT2D eigenvalue weighted by Gasteiger charge is 2.26. The van der Waals surface area contributed by atoms with Gasteiger partial charge in [0.2, 0.25) is 10.0 Å². The van der Waals surface area contributed by atoms with Crippen LogP contribution in [0, 0.1) is 0 Å². The number of nitrogens with zero attached hydrogens (tertiary/aromatic N) is 1. The summed E-state index contributed by atoms with van der Waals surface area (Å²) in [7, 11) is -3.61. The van der Waals surface area contributed by atoms with Crippen LogP contribution in [0.3, 0.4) is 0 Å². The normalized spacial score (nSPS) is 17.2. The minimum Gasteiger partial charge on any atom is -0.490 e. The van der Waals surface area contributed by atoms with Crippen LogP contribution in [0.1, 0.15) is 22.3 Å². The Kier molecular flexibility index (Phi) is 6.21. The van der Waals surface area contributed by atoms with Crippen LogP contribution in [0.2, 0.25) is 0 Å². The highest BCUT2D eigenvalue weighted by Crippen LogP contribution is 2.30. The van der Waals surface area contributed by atoms with E-state index in [0.29, 0.717) is 62.1 Å². The fourth-order valence-electron chi connectivity index (χ4n) is 3.25. The van der Waals surface area contributed by atoms with Gasteiger partial charge in [-0.3, -0.25) is 0 Å². The molecular weight excluding hydrogens is 410 g/mol. The van der Waals surface area contributed by atoms with E-state index in [9.17, 15) is 13.2 Å². The van der Waals surface area contributed by atoms with E-state index in [0.717, 1.165) is 6.42 Å². The fraction of sp³-hybridized carbons (Fsp3) is 0.381. The summed E-state index contributed by atoms with van der Waals surface area (Å²) in [6, 6.07) is 11.3. The largest absolute Gasteiger partial charge is 0.490 e. The van der Waals surface area contributed by atoms with Crippen LogP contribution >= 0.6 is 0 Å². The average molecular weight is 433 g/mol. The van der Waals surface area contributed by atoms with Crippen molar-refractivity contribution in [1.82, 2.24) is 4.31 Å². The van der Waals surface area contributed by atoms with Gasteiger partial charge < -0.3 is 18.9 Å². The molecule has 0 atom stereocenters. The van der Waals surface area contributed by atoms with Crippen LogP contribution in [0.25, 0.3) is 0 Å². The lowest BCUT2D eigenvalue weighted by molar-refractivity contribution is 0.0472. The Morgan fingerprint density at radius 3 is 2.53 bits per heavy atom. The second kappa shape index (κ2) is 9.03. The molecule has 0 saturated carbocycles. The third kappa shape index (κ3) is 4.58. The molecule has 160 valence electrons. The van der Waals surface area contributed by atoms with Gasteiger partial charge in [-0.2, -0.15) is 4.31 Å². The first-order valence-electron chi connectivity index (χ1n) is 9.78. The van der Waals surface area contributed by atoms with Crippen molar-refractivity contribution in [2.45, 2.75) is 17.9 Å². The summed E-state index contributed by atoms with van der Waals surface area (Å²) in [5.41, 5.74) is 0.934. The van der Waals surface area contributed by atoms with E-state index in [-0.39, 0.29) is 11.5 Å². The minimum atomic E-state index is -3.61. The SMILES string of the molecule is O=C(OCc1cccc(S(=O)(=O)N2CCOCC2)c1)c1ccc2c(c1)OCCCO2. The third-order valence-electron chi connectivity index (χ3n) is 4.86. The molecular formula is C21H23NO7S. The Morgan fingerprint density at radius 2 is 1.73 bits per heavy atom. The van der Waals surface area contributed by atoms with Gasteiger partial charge in [-0.15, -0.1) is 0 Å². The topological polar surface area (TPSA) is 91.4 Å². The number of morpholine rings is 1. The Balaban J connectivity index is 1.43. The number of carbonyl (C=O) groups is 1. The zero-order valence-corrected chi connectivity index (χ0v) is 17.2. The van der Waals surface area contributed by atoms with E-state index >= 15 is 0 Å². The molecule has 0 spiro atoms. The summed E-state index contributed by atoms with van der Waals surface area (Å²) in [5.74, 6) is 0.595. The number of hydrogen-bond acceptors (Lipinski definition) is 7. The van der Waals surface area contributed by atoms with Crippen LogP contribution in [-0.4, -0.2) is 58.2 Å². The maximum atomic E-state index is 12.8. The monoisotopic (exact) mass is 433 g/mol. The van der Waals surface area contributed by atoms with Gasteiger partial charge in [0.1, 0.15) is 6.61 Å². The van der Waals surface area contributed by atoms with Crippen LogP contribution in [0.4, 0.5) is 0 Å². The first-order valence-corrected chi connectivity index (χ1v) is 11.2. The molecule has 2 aromatic rings. The Labute approximate surface area is 175 Å². The number of fused-ring (bicyclic) bond motifs is 1. The van der Waals surface area contributed by atoms with Crippen molar-refractivity contribution >= 4 is 16.0 Å². The molecule has 0 aromatic heterocycles. The van der Waals surface area contributed by atoms with Crippen LogP contribution in [-0.2, 0) is 26.1 Å². The van der Waals surface area contributed by atoms with Crippen molar-refractivity contribution in [2.24, 2.45) is 0 Å². The van der Waals surface area contributed by atoms with Gasteiger partial charge in [0, 0.05) is 19.5 Å². The first kappa shape index (κ1) is 20.6. The summed E-state index contributed by atoms with van der Waals surface area (Å²) in [4.78, 5) is 12.6. The number of carbonyl (C=O) groups excluding carboxylic acids is 1. The molecule has 0 radical (unpaired) electrons. The molecule has 0 aliphatic carbocycles. The highest BCUT2D eigenvalue weighted by atomic mass is 32.2. The maximum absolute atomic E-state index is 12.8. The van der Waals surface area contributed by atoms with E-state index in [2.05, 4.69) is 0 Å². The molecule has 30 heavy (non-hydrogen) atoms. The standard InChI is InChI=1S/C21H23NO7S/c23-21(17-5-6-19-20(14-17)28-10-2-9-27-19)29-15-16-3-1-4-18(13-16)30(24,25)22-7-11-26-12-8-22/h1,3-6,13-14H,2,7-12,15H2. The number of esters is 1. The van der Waals surface area contributed by atoms with Crippen LogP contribution in [0.15, 0.2) is 47.4 Å². The Morgan fingerprint density at radius 1 is 0.967 bits per heavy atom. The molecule has 0 bridgehead atoms. The molecule has 0 amide bonds. The van der Waals surface area contributed by atoms with Crippen molar-refractivity contribution in [3.05, 3.63) is 53.6 Å². The molecule has 8 nitrogen and oxygen atoms in total. The van der Waals surface area contributed by atoms with Crippen LogP contribution < -0.4 is 9.47 Å². The minimum absolute atomic E-state index is 0.0419. The lowest BCUT2D eigenvalue weighted by Gasteiger charge is -2.26. The molecule has 2 aliphatic rings. The molecule has 9 heteroatoms. The average Bonchev–Trinajstić information content (AvgIpc) is 3.03. The number of rotatable bonds is 5. The summed E-state index contributed by atoms with van der Waals surface area (Å²) < 4.78 is 48.8. The van der Waals surface area contributed by atoms with Crippen molar-refractivity contribution in [3.63, 3.8) is 0 Å². The fourth-order valence-corrected chi connectivity index (χ4v) is 4.73. The molecule has 1 fully saturated rings. The molecule has 1 saturated heterocycles. The van der Waals surface area contributed by atoms with Gasteiger partial charge in [-0.25, -0.2) is 13.2 Å². The molecule has 2 aliphatic heterocycles. The van der Waals surface area contributed by atoms with Gasteiger partial charge >= 0.3 is 5.97 Å². The highest BCUT2D eigenvalue weighted by molar-refractivity contribution is 7.89. The van der Waals surface area contributed by atoms with Crippen molar-refractivity contribution in [2.75, 3.05) is 39.5 Å². The lowest BCUT2D eigenvalue weighted by atomic mass is 10.2. The third-order valence-corrected chi connectivity index (χ3v) is 6.75. The van der Waals surface area contributed by atoms with E-state index < -0.39 is 16.0 Å². The molecule has 4 rings (SSSR count). The zero-order chi connectivity index (χ0) is 21.0. The Hall–Kier alpha value is -2.62. The van der Waals surface area contributed by atoms with Crippen molar-refractivity contribution in [3.8, 4) is 11.5 Å². The molecule has 0 unspecified atom stereocenters. The van der Waals surface area contributed by atoms with Crippen molar-refractivity contribution in [1.29, 1.82) is 0 Å². The second-order valence-electron chi connectivity index (χ2n) is 6.95. The van der Waals surface area contributed by atoms with Crippen LogP contribution in [0.5, 0.6) is 11.5 Å². The van der Waals surface area contributed by atoms with Gasteiger partial charge in [0.25, 0.3) is 0 Å². The van der Waals surface area contributed by atoms with E-state index in [1.165, 1.54) is 10.4 Å². The quantitative estimate of drug-likeness (QED) is 0.668. The number of benzene rings is 2. The van der Waals surface area contributed by atoms with Gasteiger partial charge in [0.15, 0.2) is 11.5 Å². The second-order valence-corrected chi connectivity index (χ2v) is 8.89. The zero-order valence-electron chi connectivity index (χ0n) is 16.4. The Bertz CT molecular complexity index is 1020. The molecule has 0 N–H and O–H groups in total. The smallest absolute Gasteiger partial charge is 0.338 e. The first-order chi connectivity index (χ1) is 14.5. The number of sulfonamides is 1. The van der Waals surface area contributed by atoms with Gasteiger partial charge in [0.05, 0.1) is 36.9 Å². The van der Waals surface area contributed by atoms with E-state index in [4.69, 9.17) is 18.9 Å². The maximum Gasteiger partial charge on any atom is 0.338 e. The summed E-state index contributed by atoms with van der Waals surface area (Å²) >= 11 is 0. The van der Waals surface area contributed by atoms with Crippen molar-refractivity contribution < 1.29 is 32.2 Å². The molecule has 2 aromatic carbocycles. The van der Waals surface area contributed by atoms with Gasteiger partial charge in [-0.1, -0.05) is 12.1 Å². The predicted octanol–water partition coefficient (Wildman–Crippen LogP) is 2.23. The van der Waals surface area contributed by atoms with E-state index in [1.54, 1.807) is 36.4 Å². The molecule has 2 heterocycles. The predicted molar refractivity (Wildman–Crippen MR) is 107 cm³/mol. The number of hydrogen-bond donors (Lipinski definition) is 0. The van der Waals surface area contributed by atoms with E-state index in [1.807, 2.05) is 0 Å². The number of ether oxygens (including phenoxy) is 4. The summed E-state index contributed by atoms with van der Waals surface area (Å²) in [5, 5.41) is 0.